The van der Waals surface area contributed by atoms with E-state index in [0.717, 1.165) is 16.5 Å². The van der Waals surface area contributed by atoms with Gasteiger partial charge in [0.25, 0.3) is 5.91 Å². The molecule has 0 atom stereocenters. The second kappa shape index (κ2) is 6.89. The van der Waals surface area contributed by atoms with E-state index >= 15 is 0 Å². The van der Waals surface area contributed by atoms with E-state index in [1.807, 2.05) is 29.3 Å². The molecule has 0 aliphatic carbocycles. The van der Waals surface area contributed by atoms with E-state index < -0.39 is 0 Å². The van der Waals surface area contributed by atoms with Gasteiger partial charge in [-0.3, -0.25) is 4.79 Å². The summed E-state index contributed by atoms with van der Waals surface area (Å²) in [5.74, 6) is 0.786. The summed E-state index contributed by atoms with van der Waals surface area (Å²) in [5.41, 5.74) is 1.61. The van der Waals surface area contributed by atoms with E-state index in [4.69, 9.17) is 9.47 Å². The van der Waals surface area contributed by atoms with Crippen LogP contribution in [0.4, 0.5) is 0 Å². The highest BCUT2D eigenvalue weighted by atomic mass is 32.1. The molecule has 0 unspecified atom stereocenters. The second-order valence-electron chi connectivity index (χ2n) is 5.08. The number of benzene rings is 1. The van der Waals surface area contributed by atoms with Crippen molar-refractivity contribution in [1.82, 2.24) is 9.88 Å². The van der Waals surface area contributed by atoms with Gasteiger partial charge in [-0.2, -0.15) is 0 Å². The molecule has 1 amide bonds. The number of carbonyl (C=O) groups excluding carboxylic acids is 1. The summed E-state index contributed by atoms with van der Waals surface area (Å²) in [6.45, 7) is 4.95. The van der Waals surface area contributed by atoms with Gasteiger partial charge in [-0.05, 0) is 31.2 Å². The van der Waals surface area contributed by atoms with Crippen molar-refractivity contribution in [2.45, 2.75) is 13.5 Å². The molecular weight excluding hydrogens is 300 g/mol. The molecule has 116 valence electrons. The molecule has 5 nitrogen and oxygen atoms in total. The fourth-order valence-electron chi connectivity index (χ4n) is 2.27. The Kier molecular flexibility index (Phi) is 4.70. The lowest BCUT2D eigenvalue weighted by atomic mass is 10.2. The molecule has 0 saturated carbocycles. The molecule has 2 heterocycles. The van der Waals surface area contributed by atoms with Crippen LogP contribution in [0.3, 0.4) is 0 Å². The van der Waals surface area contributed by atoms with Gasteiger partial charge in [0.2, 0.25) is 0 Å². The quantitative estimate of drug-likeness (QED) is 0.869. The van der Waals surface area contributed by atoms with Gasteiger partial charge in [0.05, 0.1) is 23.9 Å². The number of ether oxygens (including phenoxy) is 2. The predicted octanol–water partition coefficient (Wildman–Crippen LogP) is 2.50. The Hall–Kier alpha value is -1.92. The predicted molar refractivity (Wildman–Crippen MR) is 84.3 cm³/mol. The standard InChI is InChI=1S/C16H18N2O3S/c1-12-17-14(11-22-12)10-21-15-4-2-13(3-5-15)16(19)18-6-8-20-9-7-18/h2-5,11H,6-10H2,1H3. The van der Waals surface area contributed by atoms with E-state index in [9.17, 15) is 4.79 Å². The van der Waals surface area contributed by atoms with Crippen LogP contribution < -0.4 is 4.74 Å². The third-order valence-electron chi connectivity index (χ3n) is 3.45. The highest BCUT2D eigenvalue weighted by molar-refractivity contribution is 7.09. The molecule has 1 aliphatic rings. The largest absolute Gasteiger partial charge is 0.487 e. The van der Waals surface area contributed by atoms with E-state index in [2.05, 4.69) is 4.98 Å². The number of aromatic nitrogens is 1. The Balaban J connectivity index is 1.58. The summed E-state index contributed by atoms with van der Waals surface area (Å²) < 4.78 is 10.9. The number of nitrogens with zero attached hydrogens (tertiary/aromatic N) is 2. The van der Waals surface area contributed by atoms with E-state index in [-0.39, 0.29) is 5.91 Å². The first-order valence-corrected chi connectivity index (χ1v) is 8.11. The number of carbonyl (C=O) groups is 1. The Morgan fingerprint density at radius 1 is 1.32 bits per heavy atom. The SMILES string of the molecule is Cc1nc(COc2ccc(C(=O)N3CCOCC3)cc2)cs1. The third kappa shape index (κ3) is 3.64. The number of thiazole rings is 1. The van der Waals surface area contributed by atoms with E-state index in [0.29, 0.717) is 38.5 Å². The van der Waals surface area contributed by atoms with Gasteiger partial charge in [-0.15, -0.1) is 11.3 Å². The minimum atomic E-state index is 0.0463. The molecule has 1 saturated heterocycles. The number of amides is 1. The highest BCUT2D eigenvalue weighted by Crippen LogP contribution is 2.17. The maximum atomic E-state index is 12.3. The second-order valence-corrected chi connectivity index (χ2v) is 6.14. The van der Waals surface area contributed by atoms with Gasteiger partial charge >= 0.3 is 0 Å². The van der Waals surface area contributed by atoms with Gasteiger partial charge in [-0.25, -0.2) is 4.98 Å². The molecule has 1 aromatic heterocycles. The van der Waals surface area contributed by atoms with Crippen molar-refractivity contribution in [2.24, 2.45) is 0 Å². The van der Waals surface area contributed by atoms with Gasteiger partial charge in [0.15, 0.2) is 0 Å². The van der Waals surface area contributed by atoms with Crippen LogP contribution in [0.25, 0.3) is 0 Å². The zero-order valence-corrected chi connectivity index (χ0v) is 13.3. The van der Waals surface area contributed by atoms with Crippen molar-refractivity contribution < 1.29 is 14.3 Å². The van der Waals surface area contributed by atoms with Gasteiger partial charge in [-0.1, -0.05) is 0 Å². The monoisotopic (exact) mass is 318 g/mol. The minimum absolute atomic E-state index is 0.0463. The summed E-state index contributed by atoms with van der Waals surface area (Å²) in [7, 11) is 0. The van der Waals surface area contributed by atoms with Crippen LogP contribution in [0.1, 0.15) is 21.1 Å². The number of rotatable bonds is 4. The number of hydrogen-bond acceptors (Lipinski definition) is 5. The van der Waals surface area contributed by atoms with Crippen LogP contribution in [-0.2, 0) is 11.3 Å². The first-order chi connectivity index (χ1) is 10.7. The molecule has 22 heavy (non-hydrogen) atoms. The normalized spacial score (nSPS) is 14.9. The third-order valence-corrected chi connectivity index (χ3v) is 4.28. The summed E-state index contributed by atoms with van der Waals surface area (Å²) in [4.78, 5) is 18.5. The van der Waals surface area contributed by atoms with Crippen molar-refractivity contribution in [1.29, 1.82) is 0 Å². The first-order valence-electron chi connectivity index (χ1n) is 7.23. The van der Waals surface area contributed by atoms with Crippen molar-refractivity contribution in [3.63, 3.8) is 0 Å². The lowest BCUT2D eigenvalue weighted by Crippen LogP contribution is -2.40. The molecule has 0 bridgehead atoms. The highest BCUT2D eigenvalue weighted by Gasteiger charge is 2.18. The molecular formula is C16H18N2O3S. The van der Waals surface area contributed by atoms with Crippen LogP contribution in [0.5, 0.6) is 5.75 Å². The van der Waals surface area contributed by atoms with Crippen molar-refractivity contribution in [3.05, 3.63) is 45.9 Å². The van der Waals surface area contributed by atoms with Crippen molar-refractivity contribution in [2.75, 3.05) is 26.3 Å². The average molecular weight is 318 g/mol. The van der Waals surface area contributed by atoms with Crippen LogP contribution in [0, 0.1) is 6.92 Å². The Morgan fingerprint density at radius 2 is 2.05 bits per heavy atom. The molecule has 0 spiro atoms. The molecule has 1 aromatic carbocycles. The molecule has 3 rings (SSSR count). The smallest absolute Gasteiger partial charge is 0.254 e. The number of aryl methyl sites for hydroxylation is 1. The van der Waals surface area contributed by atoms with Gasteiger partial charge in [0, 0.05) is 24.0 Å². The zero-order chi connectivity index (χ0) is 15.4. The van der Waals surface area contributed by atoms with Crippen LogP contribution in [-0.4, -0.2) is 42.1 Å². The van der Waals surface area contributed by atoms with Crippen LogP contribution in [0.2, 0.25) is 0 Å². The van der Waals surface area contributed by atoms with Crippen molar-refractivity contribution >= 4 is 17.2 Å². The average Bonchev–Trinajstić information content (AvgIpc) is 2.99. The molecule has 1 aliphatic heterocycles. The lowest BCUT2D eigenvalue weighted by Gasteiger charge is -2.26. The summed E-state index contributed by atoms with van der Waals surface area (Å²) in [5, 5.41) is 3.02. The van der Waals surface area contributed by atoms with Gasteiger partial charge in [0.1, 0.15) is 12.4 Å². The van der Waals surface area contributed by atoms with E-state index in [1.165, 1.54) is 0 Å². The van der Waals surface area contributed by atoms with Crippen LogP contribution >= 0.6 is 11.3 Å². The summed E-state index contributed by atoms with van der Waals surface area (Å²) >= 11 is 1.61. The topological polar surface area (TPSA) is 51.7 Å². The molecule has 1 fully saturated rings. The minimum Gasteiger partial charge on any atom is -0.487 e. The zero-order valence-electron chi connectivity index (χ0n) is 12.4. The summed E-state index contributed by atoms with van der Waals surface area (Å²) in [6.07, 6.45) is 0. The number of hydrogen-bond donors (Lipinski definition) is 0. The van der Waals surface area contributed by atoms with Crippen molar-refractivity contribution in [3.8, 4) is 5.75 Å². The maximum Gasteiger partial charge on any atom is 0.254 e. The van der Waals surface area contributed by atoms with Gasteiger partial charge < -0.3 is 14.4 Å². The fourth-order valence-corrected chi connectivity index (χ4v) is 2.87. The Labute approximate surface area is 133 Å². The number of morpholine rings is 1. The summed E-state index contributed by atoms with van der Waals surface area (Å²) in [6, 6.07) is 7.26. The molecule has 0 N–H and O–H groups in total. The molecule has 6 heteroatoms. The lowest BCUT2D eigenvalue weighted by molar-refractivity contribution is 0.0303. The Bertz CT molecular complexity index is 633. The first kappa shape index (κ1) is 15.0. The fraction of sp³-hybridized carbons (Fsp3) is 0.375. The Morgan fingerprint density at radius 3 is 2.68 bits per heavy atom. The molecule has 2 aromatic rings. The maximum absolute atomic E-state index is 12.3. The van der Waals surface area contributed by atoms with Crippen LogP contribution in [0.15, 0.2) is 29.6 Å². The molecule has 0 radical (unpaired) electrons. The van der Waals surface area contributed by atoms with E-state index in [1.54, 1.807) is 23.5 Å².